The van der Waals surface area contributed by atoms with Crippen LogP contribution < -0.4 is 10.2 Å². The third kappa shape index (κ3) is 5.18. The van der Waals surface area contributed by atoms with Crippen LogP contribution in [0.4, 0.5) is 11.6 Å². The molecule has 1 aromatic heterocycles. The summed E-state index contributed by atoms with van der Waals surface area (Å²) in [6, 6.07) is 20.1. The van der Waals surface area contributed by atoms with Crippen molar-refractivity contribution in [3.05, 3.63) is 84.2 Å². The fraction of sp³-hybridized carbons (Fsp3) is 0.261. The molecule has 0 spiro atoms. The van der Waals surface area contributed by atoms with Crippen molar-refractivity contribution in [2.75, 3.05) is 42.9 Å². The van der Waals surface area contributed by atoms with Gasteiger partial charge in [-0.05, 0) is 29.7 Å². The van der Waals surface area contributed by atoms with Gasteiger partial charge in [-0.2, -0.15) is 0 Å². The van der Waals surface area contributed by atoms with Crippen LogP contribution in [0.25, 0.3) is 0 Å². The third-order valence-corrected chi connectivity index (χ3v) is 5.10. The average molecular weight is 387 g/mol. The van der Waals surface area contributed by atoms with Crippen LogP contribution >= 0.6 is 0 Å². The van der Waals surface area contributed by atoms with E-state index in [1.165, 1.54) is 5.56 Å². The highest BCUT2D eigenvalue weighted by molar-refractivity contribution is 5.93. The van der Waals surface area contributed by atoms with Crippen LogP contribution in [-0.2, 0) is 11.2 Å². The topological polar surface area (TPSA) is 61.4 Å². The second-order valence-corrected chi connectivity index (χ2v) is 7.18. The zero-order valence-corrected chi connectivity index (χ0v) is 16.4. The number of benzene rings is 2. The fourth-order valence-corrected chi connectivity index (χ4v) is 3.57. The number of amides is 1. The van der Waals surface area contributed by atoms with Crippen LogP contribution in [0.5, 0.6) is 0 Å². The van der Waals surface area contributed by atoms with E-state index in [0.29, 0.717) is 6.54 Å². The summed E-state index contributed by atoms with van der Waals surface area (Å²) in [5, 5.41) is 3.10. The summed E-state index contributed by atoms with van der Waals surface area (Å²) in [5.74, 6) is 0.779. The normalized spacial score (nSPS) is 14.6. The Morgan fingerprint density at radius 2 is 1.55 bits per heavy atom. The number of nitrogens with one attached hydrogen (secondary N) is 1. The first-order valence-corrected chi connectivity index (χ1v) is 9.94. The van der Waals surface area contributed by atoms with Crippen molar-refractivity contribution in [1.29, 1.82) is 0 Å². The number of nitrogens with zero attached hydrogens (tertiary/aromatic N) is 4. The smallest absolute Gasteiger partial charge is 0.238 e. The minimum atomic E-state index is 0.0231. The van der Waals surface area contributed by atoms with Gasteiger partial charge in [-0.15, -0.1) is 0 Å². The van der Waals surface area contributed by atoms with Gasteiger partial charge in [0.25, 0.3) is 0 Å². The highest BCUT2D eigenvalue weighted by Gasteiger charge is 2.20. The zero-order chi connectivity index (χ0) is 19.9. The highest BCUT2D eigenvalue weighted by atomic mass is 16.2. The summed E-state index contributed by atoms with van der Waals surface area (Å²) in [4.78, 5) is 25.6. The van der Waals surface area contributed by atoms with Crippen LogP contribution in [0.2, 0.25) is 0 Å². The van der Waals surface area contributed by atoms with Gasteiger partial charge in [0.05, 0.1) is 6.54 Å². The van der Waals surface area contributed by atoms with Crippen LogP contribution in [0, 0.1) is 0 Å². The number of hydrogen-bond acceptors (Lipinski definition) is 5. The summed E-state index contributed by atoms with van der Waals surface area (Å²) in [7, 11) is 0. The first kappa shape index (κ1) is 19.1. The molecular weight excluding hydrogens is 362 g/mol. The second kappa shape index (κ2) is 9.30. The SMILES string of the molecule is O=C(CN1CCN(c2ncccn2)CC1)Nc1ccccc1Cc1ccccc1. The van der Waals surface area contributed by atoms with Crippen LogP contribution in [-0.4, -0.2) is 53.5 Å². The number of hydrogen-bond donors (Lipinski definition) is 1. The third-order valence-electron chi connectivity index (χ3n) is 5.10. The summed E-state index contributed by atoms with van der Waals surface area (Å²) in [5.41, 5.74) is 3.24. The second-order valence-electron chi connectivity index (χ2n) is 7.18. The van der Waals surface area contributed by atoms with Gasteiger partial charge < -0.3 is 10.2 Å². The molecule has 6 heteroatoms. The van der Waals surface area contributed by atoms with Gasteiger partial charge in [0, 0.05) is 44.3 Å². The Morgan fingerprint density at radius 1 is 0.862 bits per heavy atom. The quantitative estimate of drug-likeness (QED) is 0.705. The van der Waals surface area contributed by atoms with Crippen molar-refractivity contribution in [3.63, 3.8) is 0 Å². The van der Waals surface area contributed by atoms with Crippen LogP contribution in [0.15, 0.2) is 73.1 Å². The van der Waals surface area contributed by atoms with E-state index in [0.717, 1.165) is 49.8 Å². The zero-order valence-electron chi connectivity index (χ0n) is 16.4. The first-order chi connectivity index (χ1) is 14.3. The van der Waals surface area contributed by atoms with Gasteiger partial charge in [-0.25, -0.2) is 9.97 Å². The Balaban J connectivity index is 1.31. The van der Waals surface area contributed by atoms with E-state index in [1.807, 2.05) is 42.5 Å². The Morgan fingerprint density at radius 3 is 2.31 bits per heavy atom. The molecule has 2 aromatic carbocycles. The Bertz CT molecular complexity index is 924. The van der Waals surface area contributed by atoms with E-state index in [4.69, 9.17) is 0 Å². The van der Waals surface area contributed by atoms with Crippen LogP contribution in [0.3, 0.4) is 0 Å². The number of carbonyl (C=O) groups excluding carboxylic acids is 1. The molecule has 1 aliphatic heterocycles. The standard InChI is InChI=1S/C23H25N5O/c29-22(18-27-13-15-28(16-14-27)23-24-11-6-12-25-23)26-21-10-5-4-9-20(21)17-19-7-2-1-3-8-19/h1-12H,13-18H2,(H,26,29). The van der Waals surface area contributed by atoms with Gasteiger partial charge in [0.2, 0.25) is 11.9 Å². The molecule has 0 atom stereocenters. The minimum Gasteiger partial charge on any atom is -0.338 e. The van der Waals surface area contributed by atoms with Crippen molar-refractivity contribution in [2.24, 2.45) is 0 Å². The molecule has 0 aliphatic carbocycles. The molecule has 3 aromatic rings. The Kier molecular flexibility index (Phi) is 6.12. The van der Waals surface area contributed by atoms with Crippen molar-refractivity contribution >= 4 is 17.5 Å². The lowest BCUT2D eigenvalue weighted by Gasteiger charge is -2.34. The van der Waals surface area contributed by atoms with E-state index >= 15 is 0 Å². The highest BCUT2D eigenvalue weighted by Crippen LogP contribution is 2.19. The summed E-state index contributed by atoms with van der Waals surface area (Å²) < 4.78 is 0. The molecule has 1 saturated heterocycles. The van der Waals surface area contributed by atoms with Crippen molar-refractivity contribution in [2.45, 2.75) is 6.42 Å². The van der Waals surface area contributed by atoms with E-state index in [1.54, 1.807) is 12.4 Å². The Hall–Kier alpha value is -3.25. The molecule has 0 saturated carbocycles. The number of rotatable bonds is 6. The molecule has 1 N–H and O–H groups in total. The minimum absolute atomic E-state index is 0.0231. The molecular formula is C23H25N5O. The predicted octanol–water partition coefficient (Wildman–Crippen LogP) is 2.83. The maximum absolute atomic E-state index is 12.6. The predicted molar refractivity (Wildman–Crippen MR) is 115 cm³/mol. The monoisotopic (exact) mass is 387 g/mol. The fourth-order valence-electron chi connectivity index (χ4n) is 3.57. The lowest BCUT2D eigenvalue weighted by molar-refractivity contribution is -0.117. The molecule has 0 unspecified atom stereocenters. The number of anilines is 2. The van der Waals surface area contributed by atoms with Crippen molar-refractivity contribution < 1.29 is 4.79 Å². The van der Waals surface area contributed by atoms with E-state index in [2.05, 4.69) is 43.3 Å². The first-order valence-electron chi connectivity index (χ1n) is 9.94. The molecule has 6 nitrogen and oxygen atoms in total. The van der Waals surface area contributed by atoms with Gasteiger partial charge in [0.1, 0.15) is 0 Å². The molecule has 2 heterocycles. The van der Waals surface area contributed by atoms with Crippen molar-refractivity contribution in [1.82, 2.24) is 14.9 Å². The molecule has 1 amide bonds. The lowest BCUT2D eigenvalue weighted by atomic mass is 10.0. The lowest BCUT2D eigenvalue weighted by Crippen LogP contribution is -2.49. The molecule has 29 heavy (non-hydrogen) atoms. The molecule has 148 valence electrons. The number of para-hydroxylation sites is 1. The average Bonchev–Trinajstić information content (AvgIpc) is 2.77. The number of carbonyl (C=O) groups is 1. The van der Waals surface area contributed by atoms with Gasteiger partial charge >= 0.3 is 0 Å². The summed E-state index contributed by atoms with van der Waals surface area (Å²) >= 11 is 0. The van der Waals surface area contributed by atoms with Gasteiger partial charge in [0.15, 0.2) is 0 Å². The summed E-state index contributed by atoms with van der Waals surface area (Å²) in [6.07, 6.45) is 4.32. The molecule has 1 aliphatic rings. The number of piperazine rings is 1. The largest absolute Gasteiger partial charge is 0.338 e. The molecule has 1 fully saturated rings. The van der Waals surface area contributed by atoms with Crippen LogP contribution in [0.1, 0.15) is 11.1 Å². The Labute approximate surface area is 171 Å². The van der Waals surface area contributed by atoms with E-state index in [-0.39, 0.29) is 5.91 Å². The number of aromatic nitrogens is 2. The van der Waals surface area contributed by atoms with E-state index in [9.17, 15) is 4.79 Å². The van der Waals surface area contributed by atoms with Crippen molar-refractivity contribution in [3.8, 4) is 0 Å². The maximum atomic E-state index is 12.6. The summed E-state index contributed by atoms with van der Waals surface area (Å²) in [6.45, 7) is 3.67. The molecule has 0 radical (unpaired) electrons. The maximum Gasteiger partial charge on any atom is 0.238 e. The van der Waals surface area contributed by atoms with E-state index < -0.39 is 0 Å². The van der Waals surface area contributed by atoms with Gasteiger partial charge in [-0.1, -0.05) is 48.5 Å². The molecule has 4 rings (SSSR count). The van der Waals surface area contributed by atoms with Gasteiger partial charge in [-0.3, -0.25) is 9.69 Å². The molecule has 0 bridgehead atoms.